The molecule has 0 unspecified atom stereocenters. The molecule has 7 heteroatoms. The first kappa shape index (κ1) is 28.7. The highest BCUT2D eigenvalue weighted by atomic mass is 79.9. The Morgan fingerprint density at radius 3 is 2.40 bits per heavy atom. The van der Waals surface area contributed by atoms with E-state index >= 15 is 0 Å². The van der Waals surface area contributed by atoms with Crippen molar-refractivity contribution in [2.24, 2.45) is 5.92 Å². The lowest BCUT2D eigenvalue weighted by Crippen LogP contribution is -2.50. The number of carbonyl (C=O) groups excluding carboxylic acids is 2. The van der Waals surface area contributed by atoms with Gasteiger partial charge in [-0.05, 0) is 69.1 Å². The van der Waals surface area contributed by atoms with Crippen LogP contribution >= 0.6 is 15.9 Å². The molecule has 6 nitrogen and oxygen atoms in total. The second-order valence-electron chi connectivity index (χ2n) is 10.1. The fraction of sp³-hybridized carbons (Fsp3) is 0.500. The van der Waals surface area contributed by atoms with E-state index in [0.717, 1.165) is 15.6 Å². The van der Waals surface area contributed by atoms with E-state index in [1.165, 1.54) is 0 Å². The third-order valence-electron chi connectivity index (χ3n) is 5.71. The van der Waals surface area contributed by atoms with Crippen LogP contribution in [0.3, 0.4) is 0 Å². The minimum Gasteiger partial charge on any atom is -0.497 e. The van der Waals surface area contributed by atoms with E-state index in [-0.39, 0.29) is 30.4 Å². The molecule has 0 aliphatic rings. The molecule has 0 heterocycles. The maximum absolute atomic E-state index is 13.4. The predicted octanol–water partition coefficient (Wildman–Crippen LogP) is 5.71. The number of carbonyl (C=O) groups is 2. The standard InChI is InChI=1S/C28H39BrN2O4/c1-8-24(27(33)30-16-19(2)3)31(17-20-10-9-11-22(14-20)34-7)26(32)18-35-25-13-12-21(15-23(25)29)28(4,5)6/h9-15,19,24H,8,16-18H2,1-7H3,(H,30,33)/t24-/m0/s1. The van der Waals surface area contributed by atoms with Crippen molar-refractivity contribution >= 4 is 27.7 Å². The van der Waals surface area contributed by atoms with E-state index in [1.54, 1.807) is 12.0 Å². The average Bonchev–Trinajstić information content (AvgIpc) is 2.81. The number of hydrogen-bond donors (Lipinski definition) is 1. The van der Waals surface area contributed by atoms with Crippen LogP contribution in [-0.2, 0) is 21.5 Å². The van der Waals surface area contributed by atoms with Crippen molar-refractivity contribution in [1.29, 1.82) is 0 Å². The quantitative estimate of drug-likeness (QED) is 0.391. The van der Waals surface area contributed by atoms with E-state index in [1.807, 2.05) is 63.2 Å². The second kappa shape index (κ2) is 13.0. The summed E-state index contributed by atoms with van der Waals surface area (Å²) in [5.74, 6) is 1.19. The largest absolute Gasteiger partial charge is 0.497 e. The zero-order valence-electron chi connectivity index (χ0n) is 22.0. The zero-order chi connectivity index (χ0) is 26.2. The molecule has 0 radical (unpaired) electrons. The van der Waals surface area contributed by atoms with Crippen molar-refractivity contribution in [3.8, 4) is 11.5 Å². The number of rotatable bonds is 11. The van der Waals surface area contributed by atoms with Crippen LogP contribution in [-0.4, -0.2) is 43.0 Å². The van der Waals surface area contributed by atoms with Crippen LogP contribution in [0.25, 0.3) is 0 Å². The van der Waals surface area contributed by atoms with Crippen LogP contribution in [0.2, 0.25) is 0 Å². The normalized spacial score (nSPS) is 12.3. The first-order valence-electron chi connectivity index (χ1n) is 12.1. The maximum Gasteiger partial charge on any atom is 0.261 e. The van der Waals surface area contributed by atoms with Gasteiger partial charge >= 0.3 is 0 Å². The van der Waals surface area contributed by atoms with Gasteiger partial charge in [-0.25, -0.2) is 0 Å². The van der Waals surface area contributed by atoms with Crippen LogP contribution in [0, 0.1) is 5.92 Å². The Morgan fingerprint density at radius 2 is 1.83 bits per heavy atom. The van der Waals surface area contributed by atoms with E-state index < -0.39 is 6.04 Å². The van der Waals surface area contributed by atoms with Gasteiger partial charge in [0.15, 0.2) is 6.61 Å². The average molecular weight is 548 g/mol. The summed E-state index contributed by atoms with van der Waals surface area (Å²) >= 11 is 3.57. The Kier molecular flexibility index (Phi) is 10.6. The lowest BCUT2D eigenvalue weighted by atomic mass is 9.87. The summed E-state index contributed by atoms with van der Waals surface area (Å²) in [7, 11) is 1.60. The number of halogens is 1. The molecule has 1 N–H and O–H groups in total. The molecule has 0 saturated heterocycles. The predicted molar refractivity (Wildman–Crippen MR) is 144 cm³/mol. The number of hydrogen-bond acceptors (Lipinski definition) is 4. The first-order chi connectivity index (χ1) is 16.5. The molecular weight excluding hydrogens is 508 g/mol. The summed E-state index contributed by atoms with van der Waals surface area (Å²) in [6, 6.07) is 12.8. The molecule has 0 saturated carbocycles. The third kappa shape index (κ3) is 8.57. The van der Waals surface area contributed by atoms with Gasteiger partial charge in [-0.1, -0.05) is 59.7 Å². The van der Waals surface area contributed by atoms with Crippen molar-refractivity contribution < 1.29 is 19.1 Å². The van der Waals surface area contributed by atoms with E-state index in [2.05, 4.69) is 42.0 Å². The van der Waals surface area contributed by atoms with Gasteiger partial charge in [0.1, 0.15) is 17.5 Å². The highest BCUT2D eigenvalue weighted by molar-refractivity contribution is 9.10. The summed E-state index contributed by atoms with van der Waals surface area (Å²) in [5.41, 5.74) is 2.04. The van der Waals surface area contributed by atoms with Crippen LogP contribution in [0.1, 0.15) is 59.1 Å². The highest BCUT2D eigenvalue weighted by Gasteiger charge is 2.29. The van der Waals surface area contributed by atoms with Crippen molar-refractivity contribution in [2.75, 3.05) is 20.3 Å². The Morgan fingerprint density at radius 1 is 1.11 bits per heavy atom. The van der Waals surface area contributed by atoms with Crippen molar-refractivity contribution in [1.82, 2.24) is 10.2 Å². The molecule has 0 aliphatic carbocycles. The Labute approximate surface area is 218 Å². The molecule has 1 atom stereocenters. The number of ether oxygens (including phenoxy) is 2. The van der Waals surface area contributed by atoms with Gasteiger partial charge in [0.05, 0.1) is 11.6 Å². The minimum atomic E-state index is -0.609. The number of amides is 2. The highest BCUT2D eigenvalue weighted by Crippen LogP contribution is 2.31. The van der Waals surface area contributed by atoms with Gasteiger partial charge in [-0.3, -0.25) is 9.59 Å². The van der Waals surface area contributed by atoms with Crippen LogP contribution < -0.4 is 14.8 Å². The smallest absolute Gasteiger partial charge is 0.261 e. The second-order valence-corrected chi connectivity index (χ2v) is 11.0. The summed E-state index contributed by atoms with van der Waals surface area (Å²) in [4.78, 5) is 28.0. The number of nitrogens with one attached hydrogen (secondary N) is 1. The summed E-state index contributed by atoms with van der Waals surface area (Å²) < 4.78 is 12.0. The van der Waals surface area contributed by atoms with Gasteiger partial charge in [0.25, 0.3) is 5.91 Å². The zero-order valence-corrected chi connectivity index (χ0v) is 23.6. The molecule has 0 aromatic heterocycles. The Bertz CT molecular complexity index is 1000. The molecule has 0 spiro atoms. The molecule has 2 rings (SSSR count). The number of benzene rings is 2. The topological polar surface area (TPSA) is 67.9 Å². The van der Waals surface area contributed by atoms with Crippen molar-refractivity contribution in [2.45, 2.75) is 66.0 Å². The fourth-order valence-electron chi connectivity index (χ4n) is 3.62. The third-order valence-corrected chi connectivity index (χ3v) is 6.33. The minimum absolute atomic E-state index is 0.00209. The maximum atomic E-state index is 13.4. The van der Waals surface area contributed by atoms with Gasteiger partial charge in [-0.2, -0.15) is 0 Å². The van der Waals surface area contributed by atoms with Crippen molar-refractivity contribution in [3.05, 3.63) is 58.1 Å². The molecular formula is C28H39BrN2O4. The molecule has 2 amide bonds. The first-order valence-corrected chi connectivity index (χ1v) is 12.9. The molecule has 0 aliphatic heterocycles. The summed E-state index contributed by atoms with van der Waals surface area (Å²) in [5, 5.41) is 2.97. The molecule has 35 heavy (non-hydrogen) atoms. The van der Waals surface area contributed by atoms with Crippen LogP contribution in [0.4, 0.5) is 0 Å². The van der Waals surface area contributed by atoms with Gasteiger partial charge in [-0.15, -0.1) is 0 Å². The van der Waals surface area contributed by atoms with E-state index in [0.29, 0.717) is 30.4 Å². The number of methoxy groups -OCH3 is 1. The summed E-state index contributed by atoms with van der Waals surface area (Å²) in [6.45, 7) is 13.1. The Balaban J connectivity index is 2.25. The van der Waals surface area contributed by atoms with Crippen LogP contribution in [0.15, 0.2) is 46.9 Å². The molecule has 192 valence electrons. The summed E-state index contributed by atoms with van der Waals surface area (Å²) in [6.07, 6.45) is 0.490. The SMILES string of the molecule is CC[C@@H](C(=O)NCC(C)C)N(Cc1cccc(OC)c1)C(=O)COc1ccc(C(C)(C)C)cc1Br. The molecule has 0 fully saturated rings. The lowest BCUT2D eigenvalue weighted by Gasteiger charge is -2.31. The van der Waals surface area contributed by atoms with E-state index in [9.17, 15) is 9.59 Å². The van der Waals surface area contributed by atoms with Gasteiger partial charge < -0.3 is 19.7 Å². The monoisotopic (exact) mass is 546 g/mol. The van der Waals surface area contributed by atoms with E-state index in [4.69, 9.17) is 9.47 Å². The van der Waals surface area contributed by atoms with Gasteiger partial charge in [0, 0.05) is 13.1 Å². The lowest BCUT2D eigenvalue weighted by molar-refractivity contribution is -0.143. The molecule has 2 aromatic rings. The fourth-order valence-corrected chi connectivity index (χ4v) is 4.11. The van der Waals surface area contributed by atoms with Gasteiger partial charge in [0.2, 0.25) is 5.91 Å². The molecule has 2 aromatic carbocycles. The Hall–Kier alpha value is -2.54. The van der Waals surface area contributed by atoms with Crippen molar-refractivity contribution in [3.63, 3.8) is 0 Å². The molecule has 0 bridgehead atoms. The number of nitrogens with zero attached hydrogens (tertiary/aromatic N) is 1. The van der Waals surface area contributed by atoms with Crippen LogP contribution in [0.5, 0.6) is 11.5 Å².